The number of halogens is 2. The van der Waals surface area contributed by atoms with Crippen LogP contribution in [0.15, 0.2) is 42.5 Å². The van der Waals surface area contributed by atoms with Gasteiger partial charge in [0.15, 0.2) is 0 Å². The number of hydrogen-bond donors (Lipinski definition) is 1. The fraction of sp³-hybridized carbons (Fsp3) is 0.462. The SMILES string of the molecule is O=C1NCC2(CCCCCCOc3ccc(Cl)cc31)CCN(C(=O)c1cccc(F)c1)CC2. The van der Waals surface area contributed by atoms with Gasteiger partial charge in [0.2, 0.25) is 0 Å². The monoisotopic (exact) mass is 472 g/mol. The number of ether oxygens (including phenoxy) is 1. The van der Waals surface area contributed by atoms with Crippen LogP contribution >= 0.6 is 11.6 Å². The first-order valence-corrected chi connectivity index (χ1v) is 12.1. The second-order valence-electron chi connectivity index (χ2n) is 9.14. The van der Waals surface area contributed by atoms with Crippen molar-refractivity contribution in [2.45, 2.75) is 44.9 Å². The number of rotatable bonds is 1. The first-order valence-electron chi connectivity index (χ1n) is 11.7. The van der Waals surface area contributed by atoms with E-state index in [1.54, 1.807) is 35.2 Å². The molecule has 2 aliphatic rings. The van der Waals surface area contributed by atoms with Crippen molar-refractivity contribution in [3.05, 3.63) is 64.4 Å². The normalized spacial score (nSPS) is 19.3. The summed E-state index contributed by atoms with van der Waals surface area (Å²) >= 11 is 6.15. The molecule has 2 amide bonds. The Bertz CT molecular complexity index is 1000. The molecular weight excluding hydrogens is 443 g/mol. The number of carbonyl (C=O) groups excluding carboxylic acids is 2. The van der Waals surface area contributed by atoms with Gasteiger partial charge in [-0.05, 0) is 67.5 Å². The van der Waals surface area contributed by atoms with Crippen LogP contribution in [0.3, 0.4) is 0 Å². The van der Waals surface area contributed by atoms with E-state index in [0.29, 0.717) is 48.1 Å². The molecular formula is C26H30ClFN2O3. The summed E-state index contributed by atoms with van der Waals surface area (Å²) in [5, 5.41) is 3.61. The number of benzene rings is 2. The Morgan fingerprint density at radius 3 is 2.61 bits per heavy atom. The number of likely N-dealkylation sites (tertiary alicyclic amines) is 1. The van der Waals surface area contributed by atoms with Crippen molar-refractivity contribution in [2.24, 2.45) is 5.41 Å². The van der Waals surface area contributed by atoms with E-state index in [2.05, 4.69) is 5.32 Å². The molecule has 33 heavy (non-hydrogen) atoms. The zero-order chi connectivity index (χ0) is 23.3. The lowest BCUT2D eigenvalue weighted by atomic mass is 9.74. The summed E-state index contributed by atoms with van der Waals surface area (Å²) in [6.45, 7) is 2.30. The molecule has 5 nitrogen and oxygen atoms in total. The zero-order valence-electron chi connectivity index (χ0n) is 18.7. The van der Waals surface area contributed by atoms with Gasteiger partial charge in [-0.15, -0.1) is 0 Å². The molecule has 1 saturated heterocycles. The summed E-state index contributed by atoms with van der Waals surface area (Å²) in [5.41, 5.74) is 0.764. The second kappa shape index (κ2) is 10.6. The van der Waals surface area contributed by atoms with E-state index in [-0.39, 0.29) is 17.2 Å². The van der Waals surface area contributed by atoms with E-state index in [0.717, 1.165) is 44.9 Å². The Kier molecular flexibility index (Phi) is 7.53. The molecule has 0 aliphatic carbocycles. The van der Waals surface area contributed by atoms with E-state index in [1.807, 2.05) is 0 Å². The van der Waals surface area contributed by atoms with Gasteiger partial charge in [0.1, 0.15) is 11.6 Å². The Morgan fingerprint density at radius 2 is 1.82 bits per heavy atom. The lowest BCUT2D eigenvalue weighted by molar-refractivity contribution is 0.0535. The first kappa shape index (κ1) is 23.6. The smallest absolute Gasteiger partial charge is 0.255 e. The highest BCUT2D eigenvalue weighted by atomic mass is 35.5. The van der Waals surface area contributed by atoms with Crippen molar-refractivity contribution in [3.63, 3.8) is 0 Å². The average Bonchev–Trinajstić information content (AvgIpc) is 2.83. The first-order chi connectivity index (χ1) is 16.0. The van der Waals surface area contributed by atoms with Crippen LogP contribution in [-0.4, -0.2) is 43.0 Å². The molecule has 1 fully saturated rings. The third kappa shape index (κ3) is 5.85. The topological polar surface area (TPSA) is 58.6 Å². The molecule has 1 N–H and O–H groups in total. The lowest BCUT2D eigenvalue weighted by Gasteiger charge is -2.42. The molecule has 2 heterocycles. The molecule has 0 saturated carbocycles. The van der Waals surface area contributed by atoms with E-state index in [4.69, 9.17) is 16.3 Å². The van der Waals surface area contributed by atoms with Crippen molar-refractivity contribution in [1.82, 2.24) is 10.2 Å². The minimum absolute atomic E-state index is 0.0674. The number of amides is 2. The van der Waals surface area contributed by atoms with Crippen molar-refractivity contribution >= 4 is 23.4 Å². The number of carbonyl (C=O) groups is 2. The van der Waals surface area contributed by atoms with Crippen LogP contribution in [-0.2, 0) is 0 Å². The Morgan fingerprint density at radius 1 is 1.03 bits per heavy atom. The average molecular weight is 473 g/mol. The lowest BCUT2D eigenvalue weighted by Crippen LogP contribution is -2.48. The molecule has 2 aromatic carbocycles. The van der Waals surface area contributed by atoms with E-state index < -0.39 is 5.82 Å². The molecule has 0 aromatic heterocycles. The van der Waals surface area contributed by atoms with Crippen molar-refractivity contribution in [1.29, 1.82) is 0 Å². The van der Waals surface area contributed by atoms with Crippen molar-refractivity contribution in [2.75, 3.05) is 26.2 Å². The number of hydrogen-bond acceptors (Lipinski definition) is 3. The third-order valence-corrected chi connectivity index (χ3v) is 7.09. The molecule has 176 valence electrons. The van der Waals surface area contributed by atoms with Crippen LogP contribution in [0.1, 0.15) is 65.7 Å². The quantitative estimate of drug-likeness (QED) is 0.598. The summed E-state index contributed by atoms with van der Waals surface area (Å²) in [5.74, 6) is -0.180. The van der Waals surface area contributed by atoms with Crippen molar-refractivity contribution in [3.8, 4) is 5.75 Å². The molecule has 0 unspecified atom stereocenters. The minimum atomic E-state index is -0.406. The molecule has 0 radical (unpaired) electrons. The number of nitrogens with zero attached hydrogens (tertiary/aromatic N) is 1. The van der Waals surface area contributed by atoms with Crippen LogP contribution in [0.25, 0.3) is 0 Å². The molecule has 4 rings (SSSR count). The van der Waals surface area contributed by atoms with E-state index in [1.165, 1.54) is 12.1 Å². The molecule has 0 atom stereocenters. The van der Waals surface area contributed by atoms with Crippen LogP contribution in [0.5, 0.6) is 5.75 Å². The summed E-state index contributed by atoms with van der Waals surface area (Å²) in [6, 6.07) is 11.0. The zero-order valence-corrected chi connectivity index (χ0v) is 19.5. The van der Waals surface area contributed by atoms with Crippen molar-refractivity contribution < 1.29 is 18.7 Å². The van der Waals surface area contributed by atoms with Gasteiger partial charge in [0.05, 0.1) is 12.2 Å². The third-order valence-electron chi connectivity index (χ3n) is 6.85. The highest BCUT2D eigenvalue weighted by Gasteiger charge is 2.36. The summed E-state index contributed by atoms with van der Waals surface area (Å²) in [6.07, 6.45) is 6.79. The van der Waals surface area contributed by atoms with Crippen LogP contribution < -0.4 is 10.1 Å². The summed E-state index contributed by atoms with van der Waals surface area (Å²) in [4.78, 5) is 27.7. The maximum absolute atomic E-state index is 13.6. The summed E-state index contributed by atoms with van der Waals surface area (Å²) < 4.78 is 19.4. The van der Waals surface area contributed by atoms with Gasteiger partial charge < -0.3 is 15.0 Å². The predicted octanol–water partition coefficient (Wildman–Crippen LogP) is 5.47. The van der Waals surface area contributed by atoms with Gasteiger partial charge in [-0.3, -0.25) is 9.59 Å². The molecule has 2 aromatic rings. The summed E-state index contributed by atoms with van der Waals surface area (Å²) in [7, 11) is 0. The van der Waals surface area contributed by atoms with Gasteiger partial charge in [-0.2, -0.15) is 0 Å². The Balaban J connectivity index is 1.47. The largest absolute Gasteiger partial charge is 0.493 e. The van der Waals surface area contributed by atoms with E-state index in [9.17, 15) is 14.0 Å². The fourth-order valence-electron chi connectivity index (χ4n) is 4.81. The standard InChI is InChI=1S/C26H30ClFN2O3/c27-20-8-9-23-22(17-20)24(31)29-18-26(10-3-1-2-4-15-33-23)11-13-30(14-12-26)25(32)19-6-5-7-21(28)16-19/h5-9,16-17H,1-4,10-15,18H2,(H,29,31). The Hall–Kier alpha value is -2.60. The highest BCUT2D eigenvalue weighted by molar-refractivity contribution is 6.31. The maximum Gasteiger partial charge on any atom is 0.255 e. The van der Waals surface area contributed by atoms with Crippen LogP contribution in [0.4, 0.5) is 4.39 Å². The molecule has 2 aliphatic heterocycles. The van der Waals surface area contributed by atoms with E-state index >= 15 is 0 Å². The van der Waals surface area contributed by atoms with Gasteiger partial charge in [-0.1, -0.05) is 36.9 Å². The van der Waals surface area contributed by atoms with Gasteiger partial charge in [0, 0.05) is 30.2 Å². The minimum Gasteiger partial charge on any atom is -0.493 e. The fourth-order valence-corrected chi connectivity index (χ4v) is 4.98. The van der Waals surface area contributed by atoms with Crippen LogP contribution in [0.2, 0.25) is 5.02 Å². The number of fused-ring (bicyclic) bond motifs is 1. The molecule has 1 spiro atoms. The van der Waals surface area contributed by atoms with Gasteiger partial charge in [0.25, 0.3) is 11.8 Å². The van der Waals surface area contributed by atoms with Gasteiger partial charge >= 0.3 is 0 Å². The second-order valence-corrected chi connectivity index (χ2v) is 9.57. The maximum atomic E-state index is 13.6. The predicted molar refractivity (Wildman–Crippen MR) is 126 cm³/mol. The van der Waals surface area contributed by atoms with Crippen LogP contribution in [0, 0.1) is 11.2 Å². The van der Waals surface area contributed by atoms with Gasteiger partial charge in [-0.25, -0.2) is 4.39 Å². The number of piperidine rings is 1. The molecule has 0 bridgehead atoms. The Labute approximate surface area is 199 Å². The highest BCUT2D eigenvalue weighted by Crippen LogP contribution is 2.37. The molecule has 7 heteroatoms. The number of nitrogens with one attached hydrogen (secondary N) is 1.